The Morgan fingerprint density at radius 1 is 1.33 bits per heavy atom. The molecule has 1 atom stereocenters. The molecular formula is C15H20FNO4. The lowest BCUT2D eigenvalue weighted by Crippen LogP contribution is -2.38. The summed E-state index contributed by atoms with van der Waals surface area (Å²) in [5.41, 5.74) is 0.235. The van der Waals surface area contributed by atoms with E-state index in [9.17, 15) is 14.3 Å². The number of carbonyl (C=O) groups is 1. The van der Waals surface area contributed by atoms with E-state index in [2.05, 4.69) is 5.32 Å². The number of halogens is 1. The lowest BCUT2D eigenvalue weighted by atomic mass is 9.93. The van der Waals surface area contributed by atoms with Crippen LogP contribution < -0.4 is 5.32 Å². The van der Waals surface area contributed by atoms with E-state index in [1.165, 1.54) is 12.1 Å². The molecule has 6 heteroatoms. The third-order valence-corrected chi connectivity index (χ3v) is 3.76. The van der Waals surface area contributed by atoms with Crippen molar-refractivity contribution < 1.29 is 24.1 Å². The highest BCUT2D eigenvalue weighted by molar-refractivity contribution is 5.64. The Labute approximate surface area is 122 Å². The van der Waals surface area contributed by atoms with Crippen LogP contribution in [0.15, 0.2) is 24.3 Å². The van der Waals surface area contributed by atoms with Crippen molar-refractivity contribution in [2.24, 2.45) is 0 Å². The highest BCUT2D eigenvalue weighted by Crippen LogP contribution is 2.23. The van der Waals surface area contributed by atoms with Crippen LogP contribution in [0.1, 0.15) is 37.4 Å². The first kappa shape index (κ1) is 15.7. The fourth-order valence-electron chi connectivity index (χ4n) is 2.61. The van der Waals surface area contributed by atoms with Gasteiger partial charge in [-0.15, -0.1) is 0 Å². The molecule has 0 aromatic heterocycles. The van der Waals surface area contributed by atoms with E-state index in [1.54, 1.807) is 12.1 Å². The van der Waals surface area contributed by atoms with Crippen molar-refractivity contribution in [3.05, 3.63) is 35.6 Å². The minimum Gasteiger partial charge on any atom is -0.465 e. The average molecular weight is 297 g/mol. The molecule has 0 saturated heterocycles. The number of carboxylic acid groups (broad SMARTS) is 1. The van der Waals surface area contributed by atoms with Gasteiger partial charge in [0.25, 0.3) is 0 Å². The Balaban J connectivity index is 1.75. The second-order valence-electron chi connectivity index (χ2n) is 5.29. The Morgan fingerprint density at radius 3 is 2.62 bits per heavy atom. The van der Waals surface area contributed by atoms with Crippen molar-refractivity contribution in [2.45, 2.75) is 43.9 Å². The van der Waals surface area contributed by atoms with Gasteiger partial charge in [0.1, 0.15) is 11.9 Å². The number of benzene rings is 1. The van der Waals surface area contributed by atoms with Gasteiger partial charge in [-0.2, -0.15) is 0 Å². The predicted octanol–water partition coefficient (Wildman–Crippen LogP) is 2.45. The van der Waals surface area contributed by atoms with Crippen LogP contribution in [-0.4, -0.2) is 35.1 Å². The van der Waals surface area contributed by atoms with E-state index in [0.717, 1.165) is 12.8 Å². The molecule has 1 aliphatic carbocycles. The number of nitrogens with one attached hydrogen (secondary N) is 1. The molecule has 0 aliphatic heterocycles. The monoisotopic (exact) mass is 297 g/mol. The van der Waals surface area contributed by atoms with Gasteiger partial charge in [-0.25, -0.2) is 9.18 Å². The van der Waals surface area contributed by atoms with Gasteiger partial charge < -0.3 is 20.3 Å². The molecule has 1 fully saturated rings. The molecular weight excluding hydrogens is 277 g/mol. The SMILES string of the molecule is O=C(O)NC1CCC(OCC(O)c2ccccc2F)CC1. The number of rotatable bonds is 5. The van der Waals surface area contributed by atoms with Crippen molar-refractivity contribution in [2.75, 3.05) is 6.61 Å². The van der Waals surface area contributed by atoms with Crippen LogP contribution in [0.2, 0.25) is 0 Å². The molecule has 1 aromatic rings. The Kier molecular flexibility index (Phi) is 5.52. The molecule has 1 aliphatic rings. The molecule has 3 N–H and O–H groups in total. The largest absolute Gasteiger partial charge is 0.465 e. The maximum atomic E-state index is 13.5. The summed E-state index contributed by atoms with van der Waals surface area (Å²) in [6.45, 7) is 0.0443. The molecule has 5 nitrogen and oxygen atoms in total. The average Bonchev–Trinajstić information content (AvgIpc) is 2.46. The van der Waals surface area contributed by atoms with E-state index in [-0.39, 0.29) is 24.3 Å². The van der Waals surface area contributed by atoms with E-state index >= 15 is 0 Å². The normalized spacial score (nSPS) is 23.5. The quantitative estimate of drug-likeness (QED) is 0.780. The summed E-state index contributed by atoms with van der Waals surface area (Å²) in [6, 6.07) is 6.06. The van der Waals surface area contributed by atoms with Crippen molar-refractivity contribution in [3.63, 3.8) is 0 Å². The topological polar surface area (TPSA) is 78.8 Å². The molecule has 116 valence electrons. The highest BCUT2D eigenvalue weighted by Gasteiger charge is 2.23. The molecule has 0 radical (unpaired) electrons. The first-order valence-corrected chi connectivity index (χ1v) is 7.10. The van der Waals surface area contributed by atoms with Crippen molar-refractivity contribution >= 4 is 6.09 Å². The van der Waals surface area contributed by atoms with Gasteiger partial charge >= 0.3 is 6.09 Å². The van der Waals surface area contributed by atoms with Crippen LogP contribution in [0.4, 0.5) is 9.18 Å². The minimum atomic E-state index is -1.01. The van der Waals surface area contributed by atoms with E-state index in [0.29, 0.717) is 12.8 Å². The Hall–Kier alpha value is -1.66. The Morgan fingerprint density at radius 2 is 2.00 bits per heavy atom. The smallest absolute Gasteiger partial charge is 0.404 e. The molecule has 2 rings (SSSR count). The highest BCUT2D eigenvalue weighted by atomic mass is 19.1. The predicted molar refractivity (Wildman–Crippen MR) is 74.5 cm³/mol. The maximum absolute atomic E-state index is 13.5. The van der Waals surface area contributed by atoms with E-state index in [1.807, 2.05) is 0 Å². The molecule has 21 heavy (non-hydrogen) atoms. The fourth-order valence-corrected chi connectivity index (χ4v) is 2.61. The number of aliphatic hydroxyl groups excluding tert-OH is 1. The zero-order valence-electron chi connectivity index (χ0n) is 11.7. The number of hydrogen-bond acceptors (Lipinski definition) is 3. The lowest BCUT2D eigenvalue weighted by Gasteiger charge is -2.29. The number of ether oxygens (including phenoxy) is 1. The van der Waals surface area contributed by atoms with E-state index in [4.69, 9.17) is 9.84 Å². The summed E-state index contributed by atoms with van der Waals surface area (Å²) in [5, 5.41) is 21.1. The van der Waals surface area contributed by atoms with Crippen LogP contribution in [0.5, 0.6) is 0 Å². The van der Waals surface area contributed by atoms with Crippen LogP contribution in [0.25, 0.3) is 0 Å². The first-order valence-electron chi connectivity index (χ1n) is 7.10. The van der Waals surface area contributed by atoms with Crippen LogP contribution >= 0.6 is 0 Å². The molecule has 0 bridgehead atoms. The molecule has 0 spiro atoms. The summed E-state index contributed by atoms with van der Waals surface area (Å²) >= 11 is 0. The maximum Gasteiger partial charge on any atom is 0.404 e. The molecule has 0 heterocycles. The molecule has 1 saturated carbocycles. The van der Waals surface area contributed by atoms with Crippen molar-refractivity contribution in [1.29, 1.82) is 0 Å². The van der Waals surface area contributed by atoms with Crippen molar-refractivity contribution in [1.82, 2.24) is 5.32 Å². The van der Waals surface area contributed by atoms with Gasteiger partial charge in [0, 0.05) is 11.6 Å². The van der Waals surface area contributed by atoms with Crippen molar-refractivity contribution in [3.8, 4) is 0 Å². The lowest BCUT2D eigenvalue weighted by molar-refractivity contribution is -0.0284. The zero-order valence-corrected chi connectivity index (χ0v) is 11.7. The minimum absolute atomic E-state index is 0.0155. The van der Waals surface area contributed by atoms with E-state index < -0.39 is 18.0 Å². The second kappa shape index (κ2) is 7.38. The molecule has 1 unspecified atom stereocenters. The van der Waals surface area contributed by atoms with Crippen LogP contribution in [-0.2, 0) is 4.74 Å². The fraction of sp³-hybridized carbons (Fsp3) is 0.533. The first-order chi connectivity index (χ1) is 10.1. The summed E-state index contributed by atoms with van der Waals surface area (Å²) < 4.78 is 19.1. The van der Waals surface area contributed by atoms with Gasteiger partial charge in [0.05, 0.1) is 12.7 Å². The van der Waals surface area contributed by atoms with Crippen LogP contribution in [0, 0.1) is 5.82 Å². The molecule has 1 aromatic carbocycles. The third kappa shape index (κ3) is 4.68. The Bertz CT molecular complexity index is 474. The van der Waals surface area contributed by atoms with Gasteiger partial charge in [0.15, 0.2) is 0 Å². The summed E-state index contributed by atoms with van der Waals surface area (Å²) in [5.74, 6) is -0.442. The zero-order chi connectivity index (χ0) is 15.2. The number of aliphatic hydroxyl groups is 1. The third-order valence-electron chi connectivity index (χ3n) is 3.76. The standard InChI is InChI=1S/C15H20FNO4/c16-13-4-2-1-3-12(13)14(18)9-21-11-7-5-10(6-8-11)17-15(19)20/h1-4,10-11,14,17-18H,5-9H2,(H,19,20). The summed E-state index contributed by atoms with van der Waals surface area (Å²) in [7, 11) is 0. The van der Waals surface area contributed by atoms with Gasteiger partial charge in [0.2, 0.25) is 0 Å². The van der Waals surface area contributed by atoms with Gasteiger partial charge in [-0.1, -0.05) is 18.2 Å². The van der Waals surface area contributed by atoms with Gasteiger partial charge in [-0.05, 0) is 31.7 Å². The number of amides is 1. The molecule has 1 amide bonds. The van der Waals surface area contributed by atoms with Gasteiger partial charge in [-0.3, -0.25) is 0 Å². The number of hydrogen-bond donors (Lipinski definition) is 3. The summed E-state index contributed by atoms with van der Waals surface area (Å²) in [4.78, 5) is 10.5. The summed E-state index contributed by atoms with van der Waals surface area (Å²) in [6.07, 6.45) is 0.886. The second-order valence-corrected chi connectivity index (χ2v) is 5.29. The van der Waals surface area contributed by atoms with Crippen LogP contribution in [0.3, 0.4) is 0 Å².